The third kappa shape index (κ3) is 2.10. The average Bonchev–Trinajstić information content (AvgIpc) is 2.41. The van der Waals surface area contributed by atoms with E-state index in [0.29, 0.717) is 17.0 Å². The summed E-state index contributed by atoms with van der Waals surface area (Å²) in [5, 5.41) is 0. The second-order valence-electron chi connectivity index (χ2n) is 3.13. The van der Waals surface area contributed by atoms with Gasteiger partial charge in [-0.15, -0.1) is 0 Å². The van der Waals surface area contributed by atoms with Crippen molar-refractivity contribution in [1.82, 2.24) is 14.4 Å². The molecule has 0 unspecified atom stereocenters. The van der Waals surface area contributed by atoms with Crippen LogP contribution >= 0.6 is 10.7 Å². The fourth-order valence-electron chi connectivity index (χ4n) is 1.41. The van der Waals surface area contributed by atoms with E-state index in [0.717, 1.165) is 0 Å². The first-order valence-corrected chi connectivity index (χ1v) is 6.65. The molecule has 0 aliphatic rings. The Morgan fingerprint density at radius 3 is 2.93 bits per heavy atom. The second kappa shape index (κ2) is 3.46. The molecule has 0 aromatic carbocycles. The predicted molar refractivity (Wildman–Crippen MR) is 56.2 cm³/mol. The Hall–Kier alpha value is -1.14. The molecule has 0 aliphatic carbocycles. The van der Waals surface area contributed by atoms with E-state index in [1.54, 1.807) is 29.9 Å². The van der Waals surface area contributed by atoms with Gasteiger partial charge in [0, 0.05) is 23.1 Å². The zero-order valence-corrected chi connectivity index (χ0v) is 9.46. The summed E-state index contributed by atoms with van der Waals surface area (Å²) < 4.78 is 23.7. The molecular formula is C8H8ClN3O2S. The Labute approximate surface area is 91.2 Å². The molecule has 2 heterocycles. The molecular weight excluding hydrogens is 238 g/mol. The Bertz CT molecular complexity index is 605. The summed E-state index contributed by atoms with van der Waals surface area (Å²) in [5.41, 5.74) is 1.83. The lowest BCUT2D eigenvalue weighted by molar-refractivity contribution is 0.608. The molecule has 15 heavy (non-hydrogen) atoms. The molecule has 0 amide bonds. The highest BCUT2D eigenvalue weighted by Gasteiger charge is 2.15. The molecule has 0 bridgehead atoms. The van der Waals surface area contributed by atoms with Crippen molar-refractivity contribution in [2.24, 2.45) is 0 Å². The molecule has 2 aromatic rings. The van der Waals surface area contributed by atoms with E-state index in [1.165, 1.54) is 0 Å². The van der Waals surface area contributed by atoms with Crippen molar-refractivity contribution in [3.05, 3.63) is 30.0 Å². The van der Waals surface area contributed by atoms with Crippen molar-refractivity contribution in [2.75, 3.05) is 0 Å². The summed E-state index contributed by atoms with van der Waals surface area (Å²) in [7, 11) is 1.64. The SMILES string of the molecule is Cc1nc2cnccn2c1CS(=O)(=O)Cl. The highest BCUT2D eigenvalue weighted by atomic mass is 35.7. The van der Waals surface area contributed by atoms with E-state index < -0.39 is 9.05 Å². The Morgan fingerprint density at radius 1 is 1.53 bits per heavy atom. The number of hydrogen-bond donors (Lipinski definition) is 0. The minimum Gasteiger partial charge on any atom is -0.300 e. The van der Waals surface area contributed by atoms with E-state index in [-0.39, 0.29) is 5.75 Å². The molecule has 0 spiro atoms. The third-order valence-electron chi connectivity index (χ3n) is 2.04. The summed E-state index contributed by atoms with van der Waals surface area (Å²) in [6.07, 6.45) is 4.79. The molecule has 0 N–H and O–H groups in total. The van der Waals surface area contributed by atoms with E-state index >= 15 is 0 Å². The van der Waals surface area contributed by atoms with E-state index in [2.05, 4.69) is 9.97 Å². The van der Waals surface area contributed by atoms with E-state index in [9.17, 15) is 8.42 Å². The van der Waals surface area contributed by atoms with Crippen LogP contribution in [0.2, 0.25) is 0 Å². The van der Waals surface area contributed by atoms with Gasteiger partial charge < -0.3 is 0 Å². The van der Waals surface area contributed by atoms with Gasteiger partial charge in [0.15, 0.2) is 5.65 Å². The maximum Gasteiger partial charge on any atom is 0.238 e. The fourth-order valence-corrected chi connectivity index (χ4v) is 2.40. The van der Waals surface area contributed by atoms with Gasteiger partial charge in [0.25, 0.3) is 0 Å². The molecule has 0 saturated carbocycles. The lowest BCUT2D eigenvalue weighted by Crippen LogP contribution is -2.01. The van der Waals surface area contributed by atoms with Crippen LogP contribution in [0.15, 0.2) is 18.6 Å². The van der Waals surface area contributed by atoms with Crippen molar-refractivity contribution in [2.45, 2.75) is 12.7 Å². The lowest BCUT2D eigenvalue weighted by Gasteiger charge is -1.99. The molecule has 2 rings (SSSR count). The van der Waals surface area contributed by atoms with Crippen molar-refractivity contribution in [3.8, 4) is 0 Å². The summed E-state index contributed by atoms with van der Waals surface area (Å²) >= 11 is 0. The minimum atomic E-state index is -3.57. The van der Waals surface area contributed by atoms with Gasteiger partial charge >= 0.3 is 0 Å². The highest BCUT2D eigenvalue weighted by molar-refractivity contribution is 8.13. The van der Waals surface area contributed by atoms with Gasteiger partial charge in [-0.3, -0.25) is 9.38 Å². The van der Waals surface area contributed by atoms with Crippen molar-refractivity contribution >= 4 is 25.4 Å². The number of fused-ring (bicyclic) bond motifs is 1. The number of rotatable bonds is 2. The number of aromatic nitrogens is 3. The van der Waals surface area contributed by atoms with Crippen LogP contribution in [-0.2, 0) is 14.8 Å². The zero-order valence-electron chi connectivity index (χ0n) is 7.88. The van der Waals surface area contributed by atoms with Crippen molar-refractivity contribution in [3.63, 3.8) is 0 Å². The molecule has 0 atom stereocenters. The number of halogens is 1. The Balaban J connectivity index is 2.64. The van der Waals surface area contributed by atoms with Gasteiger partial charge in [0.05, 0.1) is 17.6 Å². The van der Waals surface area contributed by atoms with Crippen LogP contribution in [0, 0.1) is 6.92 Å². The van der Waals surface area contributed by atoms with Crippen LogP contribution in [0.5, 0.6) is 0 Å². The molecule has 80 valence electrons. The smallest absolute Gasteiger partial charge is 0.238 e. The number of imidazole rings is 1. The molecule has 5 nitrogen and oxygen atoms in total. The third-order valence-corrected chi connectivity index (χ3v) is 2.98. The van der Waals surface area contributed by atoms with E-state index in [4.69, 9.17) is 10.7 Å². The van der Waals surface area contributed by atoms with Gasteiger partial charge in [-0.1, -0.05) is 0 Å². The summed E-state index contributed by atoms with van der Waals surface area (Å²) in [6, 6.07) is 0. The zero-order chi connectivity index (χ0) is 11.1. The number of aryl methyl sites for hydroxylation is 1. The van der Waals surface area contributed by atoms with Crippen LogP contribution in [0.4, 0.5) is 0 Å². The Kier molecular flexibility index (Phi) is 2.40. The molecule has 0 aliphatic heterocycles. The maximum atomic E-state index is 11.0. The minimum absolute atomic E-state index is 0.231. The predicted octanol–water partition coefficient (Wildman–Crippen LogP) is 1.11. The first-order valence-electron chi connectivity index (χ1n) is 4.17. The Morgan fingerprint density at radius 2 is 2.27 bits per heavy atom. The van der Waals surface area contributed by atoms with Crippen molar-refractivity contribution < 1.29 is 8.42 Å². The normalized spacial score (nSPS) is 12.1. The molecule has 0 saturated heterocycles. The molecule has 2 aromatic heterocycles. The molecule has 0 fully saturated rings. The van der Waals surface area contributed by atoms with Crippen LogP contribution in [-0.4, -0.2) is 22.8 Å². The average molecular weight is 246 g/mol. The van der Waals surface area contributed by atoms with Gasteiger partial charge in [-0.05, 0) is 6.92 Å². The summed E-state index contributed by atoms with van der Waals surface area (Å²) in [5.74, 6) is -0.231. The van der Waals surface area contributed by atoms with Gasteiger partial charge in [-0.25, -0.2) is 13.4 Å². The second-order valence-corrected chi connectivity index (χ2v) is 5.91. The van der Waals surface area contributed by atoms with Crippen LogP contribution < -0.4 is 0 Å². The number of hydrogen-bond acceptors (Lipinski definition) is 4. The summed E-state index contributed by atoms with van der Waals surface area (Å²) in [6.45, 7) is 1.74. The standard InChI is InChI=1S/C8H8ClN3O2S/c1-6-7(5-15(9,13)14)12-3-2-10-4-8(12)11-6/h2-4H,5H2,1H3. The van der Waals surface area contributed by atoms with Crippen LogP contribution in [0.25, 0.3) is 5.65 Å². The molecule has 0 radical (unpaired) electrons. The monoisotopic (exact) mass is 245 g/mol. The molecule has 7 heteroatoms. The highest BCUT2D eigenvalue weighted by Crippen LogP contribution is 2.15. The first-order chi connectivity index (χ1) is 6.97. The van der Waals surface area contributed by atoms with Crippen molar-refractivity contribution in [1.29, 1.82) is 0 Å². The first kappa shape index (κ1) is 10.4. The largest absolute Gasteiger partial charge is 0.300 e. The lowest BCUT2D eigenvalue weighted by atomic mass is 10.4. The topological polar surface area (TPSA) is 64.3 Å². The van der Waals surface area contributed by atoms with Gasteiger partial charge in [0.1, 0.15) is 5.75 Å². The van der Waals surface area contributed by atoms with E-state index in [1.807, 2.05) is 0 Å². The fraction of sp³-hybridized carbons (Fsp3) is 0.250. The number of nitrogens with zero attached hydrogens (tertiary/aromatic N) is 3. The van der Waals surface area contributed by atoms with Crippen LogP contribution in [0.1, 0.15) is 11.4 Å². The maximum absolute atomic E-state index is 11.0. The quantitative estimate of drug-likeness (QED) is 0.744. The summed E-state index contributed by atoms with van der Waals surface area (Å²) in [4.78, 5) is 8.07. The van der Waals surface area contributed by atoms with Gasteiger partial charge in [0.2, 0.25) is 9.05 Å². The van der Waals surface area contributed by atoms with Crippen LogP contribution in [0.3, 0.4) is 0 Å². The van der Waals surface area contributed by atoms with Gasteiger partial charge in [-0.2, -0.15) is 0 Å².